The molecule has 96 valence electrons. The minimum Gasteiger partial charge on any atom is -0.397 e. The quantitative estimate of drug-likeness (QED) is 0.419. The maximum atomic E-state index is 11.2. The normalized spacial score (nSPS) is 13.6. The summed E-state index contributed by atoms with van der Waals surface area (Å²) in [5.41, 5.74) is 5.73. The Morgan fingerprint density at radius 1 is 1.41 bits per heavy atom. The number of para-hydroxylation sites is 1. The van der Waals surface area contributed by atoms with Gasteiger partial charge in [0.1, 0.15) is 4.90 Å². The molecule has 1 unspecified atom stereocenters. The third kappa shape index (κ3) is 3.86. The van der Waals surface area contributed by atoms with Gasteiger partial charge in [0.25, 0.3) is 0 Å². The summed E-state index contributed by atoms with van der Waals surface area (Å²) in [6.07, 6.45) is -0.877. The number of hydrogen-bond donors (Lipinski definition) is 4. The summed E-state index contributed by atoms with van der Waals surface area (Å²) in [6, 6.07) is 4.46. The van der Waals surface area contributed by atoms with Crippen LogP contribution in [0.15, 0.2) is 28.0 Å². The molecule has 0 amide bonds. The van der Waals surface area contributed by atoms with Crippen molar-refractivity contribution < 1.29 is 18.6 Å². The lowest BCUT2D eigenvalue weighted by Gasteiger charge is -2.10. The number of rotatable bonds is 5. The van der Waals surface area contributed by atoms with Gasteiger partial charge < -0.3 is 15.9 Å². The number of nitrogen functional groups attached to an aromatic ring is 1. The summed E-state index contributed by atoms with van der Waals surface area (Å²) in [5, 5.41) is 22.8. The van der Waals surface area contributed by atoms with Crippen LogP contribution in [0.2, 0.25) is 0 Å². The Hall–Kier alpha value is -0.800. The van der Waals surface area contributed by atoms with Crippen LogP contribution < -0.4 is 10.9 Å². The van der Waals surface area contributed by atoms with E-state index in [9.17, 15) is 13.5 Å². The molecule has 0 aromatic heterocycles. The second kappa shape index (κ2) is 5.69. The molecule has 0 saturated carbocycles. The second-order valence-electron chi connectivity index (χ2n) is 3.36. The molecule has 6 nitrogen and oxygen atoms in total. The first kappa shape index (κ1) is 14.3. The van der Waals surface area contributed by atoms with Crippen molar-refractivity contribution >= 4 is 27.5 Å². The van der Waals surface area contributed by atoms with Crippen molar-refractivity contribution in [2.45, 2.75) is 15.9 Å². The highest BCUT2D eigenvalue weighted by molar-refractivity contribution is 7.99. The lowest BCUT2D eigenvalue weighted by atomic mass is 10.3. The summed E-state index contributed by atoms with van der Waals surface area (Å²) in [4.78, 5) is 0.366. The minimum absolute atomic E-state index is 0.0603. The average molecular weight is 278 g/mol. The fourth-order valence-electron chi connectivity index (χ4n) is 1.14. The summed E-state index contributed by atoms with van der Waals surface area (Å²) >= 11 is 1.15. The maximum Gasteiger partial charge on any atom is 0.240 e. The first-order valence-electron chi connectivity index (χ1n) is 4.69. The Kier molecular flexibility index (Phi) is 4.78. The Labute approximate surface area is 104 Å². The van der Waals surface area contributed by atoms with Gasteiger partial charge >= 0.3 is 0 Å². The Morgan fingerprint density at radius 3 is 2.59 bits per heavy atom. The van der Waals surface area contributed by atoms with E-state index in [2.05, 4.69) is 0 Å². The number of benzene rings is 1. The van der Waals surface area contributed by atoms with Crippen molar-refractivity contribution in [3.05, 3.63) is 18.2 Å². The Balaban J connectivity index is 2.96. The van der Waals surface area contributed by atoms with Crippen molar-refractivity contribution in [2.75, 3.05) is 18.1 Å². The number of nitrogens with two attached hydrogens (primary N) is 2. The van der Waals surface area contributed by atoms with E-state index in [4.69, 9.17) is 16.0 Å². The number of anilines is 1. The number of hydrogen-bond acceptors (Lipinski definition) is 6. The van der Waals surface area contributed by atoms with Crippen LogP contribution in [-0.2, 0) is 10.0 Å². The van der Waals surface area contributed by atoms with Crippen molar-refractivity contribution in [3.8, 4) is 0 Å². The lowest BCUT2D eigenvalue weighted by molar-refractivity contribution is 0.113. The largest absolute Gasteiger partial charge is 0.397 e. The number of primary sulfonamides is 1. The van der Waals surface area contributed by atoms with Crippen LogP contribution in [0.1, 0.15) is 0 Å². The van der Waals surface area contributed by atoms with E-state index in [1.54, 1.807) is 6.07 Å². The van der Waals surface area contributed by atoms with Crippen LogP contribution in [0.3, 0.4) is 0 Å². The summed E-state index contributed by atoms with van der Waals surface area (Å²) in [6.45, 7) is -0.359. The first-order valence-corrected chi connectivity index (χ1v) is 7.22. The molecule has 1 atom stereocenters. The summed E-state index contributed by atoms with van der Waals surface area (Å²) in [7, 11) is -3.85. The minimum atomic E-state index is -3.85. The molecule has 17 heavy (non-hydrogen) atoms. The molecule has 0 radical (unpaired) electrons. The molecule has 0 aliphatic rings. The van der Waals surface area contributed by atoms with Gasteiger partial charge in [0.2, 0.25) is 10.0 Å². The molecule has 0 fully saturated rings. The van der Waals surface area contributed by atoms with E-state index >= 15 is 0 Å². The molecule has 0 heterocycles. The molecular weight excluding hydrogens is 264 g/mol. The first-order chi connectivity index (χ1) is 7.86. The standard InChI is InChI=1S/C9H14N2O4S2/c10-9-7(16-5-6(13)4-12)2-1-3-8(9)17(11,14)15/h1-3,6,12-13H,4-5,10H2,(H2,11,14,15). The topological polar surface area (TPSA) is 127 Å². The van der Waals surface area contributed by atoms with Crippen molar-refractivity contribution in [2.24, 2.45) is 5.14 Å². The number of sulfonamides is 1. The van der Waals surface area contributed by atoms with Crippen LogP contribution in [0.5, 0.6) is 0 Å². The molecule has 0 aliphatic carbocycles. The van der Waals surface area contributed by atoms with Gasteiger partial charge in [0, 0.05) is 10.6 Å². The predicted octanol–water partition coefficient (Wildman–Crippen LogP) is -0.639. The van der Waals surface area contributed by atoms with E-state index in [-0.39, 0.29) is 22.9 Å². The van der Waals surface area contributed by atoms with Gasteiger partial charge in [-0.15, -0.1) is 11.8 Å². The SMILES string of the molecule is Nc1c(SCC(O)CO)cccc1S(N)(=O)=O. The Morgan fingerprint density at radius 2 is 2.06 bits per heavy atom. The van der Waals surface area contributed by atoms with Gasteiger partial charge in [-0.2, -0.15) is 0 Å². The Bertz CT molecular complexity index is 490. The average Bonchev–Trinajstić information content (AvgIpc) is 2.25. The number of thioether (sulfide) groups is 1. The molecule has 1 rings (SSSR count). The zero-order valence-electron chi connectivity index (χ0n) is 8.91. The van der Waals surface area contributed by atoms with E-state index in [0.717, 1.165) is 11.8 Å². The molecule has 0 saturated heterocycles. The third-order valence-corrected chi connectivity index (χ3v) is 4.16. The van der Waals surface area contributed by atoms with Gasteiger partial charge in [0.15, 0.2) is 0 Å². The van der Waals surface area contributed by atoms with E-state index in [1.165, 1.54) is 12.1 Å². The molecule has 1 aromatic rings. The van der Waals surface area contributed by atoms with E-state index in [0.29, 0.717) is 4.90 Å². The van der Waals surface area contributed by atoms with E-state index < -0.39 is 16.1 Å². The fraction of sp³-hybridized carbons (Fsp3) is 0.333. The van der Waals surface area contributed by atoms with Crippen LogP contribution in [0, 0.1) is 0 Å². The molecule has 0 spiro atoms. The fourth-order valence-corrected chi connectivity index (χ4v) is 2.80. The van der Waals surface area contributed by atoms with Crippen molar-refractivity contribution in [3.63, 3.8) is 0 Å². The molecule has 6 N–H and O–H groups in total. The molecular formula is C9H14N2O4S2. The molecule has 0 bridgehead atoms. The van der Waals surface area contributed by atoms with Gasteiger partial charge in [-0.3, -0.25) is 0 Å². The van der Waals surface area contributed by atoms with Crippen molar-refractivity contribution in [1.29, 1.82) is 0 Å². The predicted molar refractivity (Wildman–Crippen MR) is 66.0 cm³/mol. The third-order valence-electron chi connectivity index (χ3n) is 1.97. The van der Waals surface area contributed by atoms with Crippen molar-refractivity contribution in [1.82, 2.24) is 0 Å². The van der Waals surface area contributed by atoms with Gasteiger partial charge in [-0.25, -0.2) is 13.6 Å². The zero-order valence-corrected chi connectivity index (χ0v) is 10.5. The molecule has 0 aliphatic heterocycles. The zero-order chi connectivity index (χ0) is 13.1. The summed E-state index contributed by atoms with van der Waals surface area (Å²) in [5.74, 6) is 0.217. The van der Waals surface area contributed by atoms with Gasteiger partial charge in [-0.05, 0) is 12.1 Å². The highest BCUT2D eigenvalue weighted by Gasteiger charge is 2.15. The van der Waals surface area contributed by atoms with Gasteiger partial charge in [-0.1, -0.05) is 6.07 Å². The van der Waals surface area contributed by atoms with Crippen LogP contribution >= 0.6 is 11.8 Å². The highest BCUT2D eigenvalue weighted by atomic mass is 32.2. The second-order valence-corrected chi connectivity index (χ2v) is 5.95. The highest BCUT2D eigenvalue weighted by Crippen LogP contribution is 2.30. The molecule has 8 heteroatoms. The summed E-state index contributed by atoms with van der Waals surface area (Å²) < 4.78 is 22.4. The number of aliphatic hydroxyl groups is 2. The lowest BCUT2D eigenvalue weighted by Crippen LogP contribution is -2.16. The number of aliphatic hydroxyl groups excluding tert-OH is 2. The monoisotopic (exact) mass is 278 g/mol. The smallest absolute Gasteiger partial charge is 0.240 e. The maximum absolute atomic E-state index is 11.2. The van der Waals surface area contributed by atoms with Crippen LogP contribution in [0.25, 0.3) is 0 Å². The van der Waals surface area contributed by atoms with Crippen LogP contribution in [0.4, 0.5) is 5.69 Å². The van der Waals surface area contributed by atoms with E-state index in [1.807, 2.05) is 0 Å². The van der Waals surface area contributed by atoms with Crippen LogP contribution in [-0.4, -0.2) is 37.1 Å². The molecule has 1 aromatic carbocycles. The van der Waals surface area contributed by atoms with Gasteiger partial charge in [0.05, 0.1) is 18.4 Å².